The Labute approximate surface area is 106 Å². The number of ketones is 1. The van der Waals surface area contributed by atoms with Crippen molar-refractivity contribution in [1.29, 1.82) is 0 Å². The lowest BCUT2D eigenvalue weighted by molar-refractivity contribution is 0.0484. The maximum absolute atomic E-state index is 12.1. The van der Waals surface area contributed by atoms with Gasteiger partial charge in [0.05, 0.1) is 12.2 Å². The molecule has 0 saturated carbocycles. The molecule has 0 atom stereocenters. The Morgan fingerprint density at radius 2 is 2.06 bits per heavy atom. The quantitative estimate of drug-likeness (QED) is 0.757. The number of fused-ring (bicyclic) bond motifs is 1. The van der Waals surface area contributed by atoms with Crippen LogP contribution in [-0.2, 0) is 11.2 Å². The Morgan fingerprint density at radius 3 is 2.67 bits per heavy atom. The summed E-state index contributed by atoms with van der Waals surface area (Å²) in [5.41, 5.74) is 1.08. The summed E-state index contributed by atoms with van der Waals surface area (Å²) >= 11 is 0. The molecule has 0 N–H and O–H groups in total. The van der Waals surface area contributed by atoms with E-state index < -0.39 is 5.97 Å². The standard InChI is InChI=1S/C14H18O4/c1-5-17-13(16)12-8(2)11-9(15)6-14(3,4)7-10(11)18-12/h5-7H2,1-4H3. The zero-order valence-corrected chi connectivity index (χ0v) is 11.3. The summed E-state index contributed by atoms with van der Waals surface area (Å²) in [6, 6.07) is 0. The highest BCUT2D eigenvalue weighted by atomic mass is 16.5. The third kappa shape index (κ3) is 2.07. The van der Waals surface area contributed by atoms with Crippen molar-refractivity contribution in [2.75, 3.05) is 6.61 Å². The van der Waals surface area contributed by atoms with Crippen molar-refractivity contribution in [2.24, 2.45) is 5.41 Å². The highest BCUT2D eigenvalue weighted by Crippen LogP contribution is 2.38. The molecule has 2 rings (SSSR count). The van der Waals surface area contributed by atoms with Crippen LogP contribution in [0.15, 0.2) is 4.42 Å². The van der Waals surface area contributed by atoms with Crippen molar-refractivity contribution in [1.82, 2.24) is 0 Å². The number of carbonyl (C=O) groups excluding carboxylic acids is 2. The molecule has 0 aromatic carbocycles. The number of rotatable bonds is 2. The minimum Gasteiger partial charge on any atom is -0.460 e. The third-order valence-electron chi connectivity index (χ3n) is 3.24. The van der Waals surface area contributed by atoms with Gasteiger partial charge in [-0.2, -0.15) is 0 Å². The van der Waals surface area contributed by atoms with Gasteiger partial charge in [0.1, 0.15) is 5.76 Å². The maximum Gasteiger partial charge on any atom is 0.374 e. The molecule has 4 heteroatoms. The van der Waals surface area contributed by atoms with Gasteiger partial charge in [-0.15, -0.1) is 0 Å². The molecule has 18 heavy (non-hydrogen) atoms. The van der Waals surface area contributed by atoms with Crippen LogP contribution < -0.4 is 0 Å². The number of carbonyl (C=O) groups is 2. The summed E-state index contributed by atoms with van der Waals surface area (Å²) in [7, 11) is 0. The fourth-order valence-electron chi connectivity index (χ4n) is 2.47. The lowest BCUT2D eigenvalue weighted by Crippen LogP contribution is -2.26. The van der Waals surface area contributed by atoms with E-state index in [0.717, 1.165) is 0 Å². The van der Waals surface area contributed by atoms with E-state index in [1.54, 1.807) is 13.8 Å². The predicted molar refractivity (Wildman–Crippen MR) is 65.8 cm³/mol. The molecule has 0 unspecified atom stereocenters. The van der Waals surface area contributed by atoms with Gasteiger partial charge < -0.3 is 9.15 Å². The van der Waals surface area contributed by atoms with E-state index in [2.05, 4.69) is 0 Å². The van der Waals surface area contributed by atoms with Crippen LogP contribution in [0.1, 0.15) is 59.4 Å². The van der Waals surface area contributed by atoms with Crippen LogP contribution >= 0.6 is 0 Å². The number of hydrogen-bond donors (Lipinski definition) is 0. The van der Waals surface area contributed by atoms with Crippen molar-refractivity contribution >= 4 is 11.8 Å². The van der Waals surface area contributed by atoms with E-state index in [1.165, 1.54) is 0 Å². The van der Waals surface area contributed by atoms with E-state index >= 15 is 0 Å². The fourth-order valence-corrected chi connectivity index (χ4v) is 2.47. The minimum atomic E-state index is -0.491. The minimum absolute atomic E-state index is 0.0537. The second-order valence-corrected chi connectivity index (χ2v) is 5.52. The van der Waals surface area contributed by atoms with Crippen LogP contribution in [0.3, 0.4) is 0 Å². The van der Waals surface area contributed by atoms with Gasteiger partial charge in [-0.25, -0.2) is 4.79 Å². The number of furan rings is 1. The number of Topliss-reactive ketones (excluding diaryl/α,β-unsaturated/α-hetero) is 1. The van der Waals surface area contributed by atoms with Crippen LogP contribution in [0.2, 0.25) is 0 Å². The van der Waals surface area contributed by atoms with Gasteiger partial charge in [0.2, 0.25) is 5.76 Å². The van der Waals surface area contributed by atoms with Crippen molar-refractivity contribution in [2.45, 2.75) is 40.5 Å². The average Bonchev–Trinajstić information content (AvgIpc) is 2.54. The van der Waals surface area contributed by atoms with Crippen LogP contribution in [0.4, 0.5) is 0 Å². The molecule has 0 radical (unpaired) electrons. The highest BCUT2D eigenvalue weighted by molar-refractivity contribution is 6.02. The largest absolute Gasteiger partial charge is 0.460 e. The Hall–Kier alpha value is -1.58. The van der Waals surface area contributed by atoms with E-state index in [4.69, 9.17) is 9.15 Å². The average molecular weight is 250 g/mol. The monoisotopic (exact) mass is 250 g/mol. The van der Waals surface area contributed by atoms with Crippen LogP contribution in [0.25, 0.3) is 0 Å². The summed E-state index contributed by atoms with van der Waals surface area (Å²) in [5, 5.41) is 0. The number of hydrogen-bond acceptors (Lipinski definition) is 4. The van der Waals surface area contributed by atoms with Crippen LogP contribution in [-0.4, -0.2) is 18.4 Å². The van der Waals surface area contributed by atoms with Gasteiger partial charge in [-0.05, 0) is 19.3 Å². The first-order valence-corrected chi connectivity index (χ1v) is 6.18. The van der Waals surface area contributed by atoms with Crippen LogP contribution in [0.5, 0.6) is 0 Å². The van der Waals surface area contributed by atoms with Crippen molar-refractivity contribution in [3.8, 4) is 0 Å². The fraction of sp³-hybridized carbons (Fsp3) is 0.571. The lowest BCUT2D eigenvalue weighted by Gasteiger charge is -2.27. The smallest absolute Gasteiger partial charge is 0.374 e. The van der Waals surface area contributed by atoms with E-state index in [-0.39, 0.29) is 17.0 Å². The SMILES string of the molecule is CCOC(=O)c1oc2c(c1C)C(=O)CC(C)(C)C2. The second kappa shape index (κ2) is 4.26. The molecular weight excluding hydrogens is 232 g/mol. The summed E-state index contributed by atoms with van der Waals surface area (Å²) in [5.74, 6) is 0.359. The first kappa shape index (κ1) is 12.9. The topological polar surface area (TPSA) is 56.5 Å². The predicted octanol–water partition coefficient (Wildman–Crippen LogP) is 2.92. The lowest BCUT2D eigenvalue weighted by atomic mass is 9.76. The normalized spacial score (nSPS) is 17.4. The Balaban J connectivity index is 2.45. The summed E-state index contributed by atoms with van der Waals surface area (Å²) < 4.78 is 10.5. The van der Waals surface area contributed by atoms with E-state index in [1.807, 2.05) is 13.8 Å². The molecule has 0 fully saturated rings. The van der Waals surface area contributed by atoms with Gasteiger partial charge in [0.25, 0.3) is 0 Å². The Kier molecular flexibility index (Phi) is 3.05. The third-order valence-corrected chi connectivity index (χ3v) is 3.24. The highest BCUT2D eigenvalue weighted by Gasteiger charge is 2.37. The summed E-state index contributed by atoms with van der Waals surface area (Å²) in [6.45, 7) is 7.82. The van der Waals surface area contributed by atoms with Gasteiger partial charge >= 0.3 is 5.97 Å². The molecule has 0 aliphatic heterocycles. The molecule has 1 heterocycles. The van der Waals surface area contributed by atoms with Crippen LogP contribution in [0, 0.1) is 12.3 Å². The van der Waals surface area contributed by atoms with Gasteiger partial charge in [-0.1, -0.05) is 13.8 Å². The molecule has 0 saturated heterocycles. The second-order valence-electron chi connectivity index (χ2n) is 5.52. The molecule has 1 aromatic rings. The molecule has 1 aliphatic carbocycles. The zero-order chi connectivity index (χ0) is 13.5. The summed E-state index contributed by atoms with van der Waals surface area (Å²) in [6.07, 6.45) is 1.16. The molecule has 0 amide bonds. The maximum atomic E-state index is 12.1. The van der Waals surface area contributed by atoms with Gasteiger partial charge in [0.15, 0.2) is 5.78 Å². The number of ether oxygens (including phenoxy) is 1. The molecule has 1 aliphatic rings. The molecule has 0 bridgehead atoms. The molecular formula is C14H18O4. The summed E-state index contributed by atoms with van der Waals surface area (Å²) in [4.78, 5) is 23.8. The number of esters is 1. The molecule has 98 valence electrons. The molecule has 1 aromatic heterocycles. The van der Waals surface area contributed by atoms with Crippen molar-refractivity contribution in [3.05, 3.63) is 22.6 Å². The first-order chi connectivity index (χ1) is 8.35. The Bertz CT molecular complexity index is 508. The first-order valence-electron chi connectivity index (χ1n) is 6.18. The van der Waals surface area contributed by atoms with Gasteiger partial charge in [-0.3, -0.25) is 4.79 Å². The van der Waals surface area contributed by atoms with Crippen molar-refractivity contribution < 1.29 is 18.7 Å². The zero-order valence-electron chi connectivity index (χ0n) is 11.3. The van der Waals surface area contributed by atoms with Crippen molar-refractivity contribution in [3.63, 3.8) is 0 Å². The van der Waals surface area contributed by atoms with E-state index in [9.17, 15) is 9.59 Å². The van der Waals surface area contributed by atoms with E-state index in [0.29, 0.717) is 36.3 Å². The molecule has 0 spiro atoms. The molecule has 4 nitrogen and oxygen atoms in total. The Morgan fingerprint density at radius 1 is 1.39 bits per heavy atom. The van der Waals surface area contributed by atoms with Gasteiger partial charge in [0, 0.05) is 18.4 Å².